The first-order chi connectivity index (χ1) is 13.3. The summed E-state index contributed by atoms with van der Waals surface area (Å²) in [5, 5.41) is 6.83. The van der Waals surface area contributed by atoms with Crippen molar-refractivity contribution in [3.63, 3.8) is 0 Å². The Bertz CT molecular complexity index is 525. The summed E-state index contributed by atoms with van der Waals surface area (Å²) in [5.74, 6) is 1.94. The van der Waals surface area contributed by atoms with Gasteiger partial charge in [0, 0.05) is 59.7 Å². The Balaban J connectivity index is 0.00000392. The molecule has 1 fully saturated rings. The van der Waals surface area contributed by atoms with Crippen LogP contribution in [0.1, 0.15) is 32.1 Å². The quantitative estimate of drug-likeness (QED) is 0.209. The van der Waals surface area contributed by atoms with Gasteiger partial charge < -0.3 is 25.0 Å². The zero-order valence-electron chi connectivity index (χ0n) is 17.2. The molecule has 160 valence electrons. The lowest BCUT2D eigenvalue weighted by molar-refractivity contribution is 0.00991. The topological polar surface area (TPSA) is 71.0 Å². The number of unbranched alkanes of at least 4 members (excludes halogenated alkanes) is 1. The van der Waals surface area contributed by atoms with Crippen molar-refractivity contribution in [3.05, 3.63) is 24.4 Å². The molecule has 0 bridgehead atoms. The Labute approximate surface area is 186 Å². The van der Waals surface area contributed by atoms with E-state index in [0.29, 0.717) is 6.10 Å². The Morgan fingerprint density at radius 3 is 2.64 bits per heavy atom. The molecule has 1 aromatic heterocycles. The van der Waals surface area contributed by atoms with E-state index >= 15 is 0 Å². The van der Waals surface area contributed by atoms with Gasteiger partial charge in [-0.15, -0.1) is 24.0 Å². The largest absolute Gasteiger partial charge is 0.385 e. The summed E-state index contributed by atoms with van der Waals surface area (Å²) in [6, 6.07) is 5.91. The first kappa shape index (κ1) is 24.9. The number of likely N-dealkylation sites (tertiary alicyclic amines) is 1. The number of rotatable bonds is 11. The lowest BCUT2D eigenvalue weighted by Crippen LogP contribution is -2.47. The van der Waals surface area contributed by atoms with Crippen molar-refractivity contribution in [3.8, 4) is 0 Å². The number of halogens is 1. The zero-order valence-corrected chi connectivity index (χ0v) is 19.6. The number of piperidine rings is 1. The van der Waals surface area contributed by atoms with Crippen LogP contribution in [0.15, 0.2) is 29.4 Å². The highest BCUT2D eigenvalue weighted by molar-refractivity contribution is 14.0. The number of hydrogen-bond acceptors (Lipinski definition) is 5. The summed E-state index contributed by atoms with van der Waals surface area (Å²) < 4.78 is 11.0. The van der Waals surface area contributed by atoms with Gasteiger partial charge in [0.2, 0.25) is 0 Å². The first-order valence-electron chi connectivity index (χ1n) is 10.0. The van der Waals surface area contributed by atoms with E-state index in [2.05, 4.69) is 25.5 Å². The maximum Gasteiger partial charge on any atom is 0.193 e. The molecule has 2 heterocycles. The molecule has 7 nitrogen and oxygen atoms in total. The van der Waals surface area contributed by atoms with Crippen LogP contribution in [0.3, 0.4) is 0 Å². The Kier molecular flexibility index (Phi) is 14.0. The van der Waals surface area contributed by atoms with E-state index in [1.54, 1.807) is 7.11 Å². The predicted octanol–water partition coefficient (Wildman–Crippen LogP) is 2.98. The molecule has 1 aliphatic rings. The number of aromatic nitrogens is 1. The highest BCUT2D eigenvalue weighted by Crippen LogP contribution is 2.14. The van der Waals surface area contributed by atoms with Gasteiger partial charge in [0.15, 0.2) is 5.96 Å². The normalized spacial score (nSPS) is 15.2. The van der Waals surface area contributed by atoms with Crippen LogP contribution < -0.4 is 10.6 Å². The number of nitrogens with one attached hydrogen (secondary N) is 2. The number of nitrogens with zero attached hydrogens (tertiary/aromatic N) is 3. The van der Waals surface area contributed by atoms with Gasteiger partial charge in [0.25, 0.3) is 0 Å². The van der Waals surface area contributed by atoms with E-state index in [9.17, 15) is 0 Å². The van der Waals surface area contributed by atoms with Gasteiger partial charge in [-0.3, -0.25) is 4.99 Å². The molecule has 0 aromatic carbocycles. The van der Waals surface area contributed by atoms with Gasteiger partial charge in [0.1, 0.15) is 5.82 Å². The molecule has 0 amide bonds. The summed E-state index contributed by atoms with van der Waals surface area (Å²) in [4.78, 5) is 11.0. The molecule has 28 heavy (non-hydrogen) atoms. The second-order valence-electron chi connectivity index (χ2n) is 6.73. The molecule has 1 saturated heterocycles. The molecule has 1 aliphatic heterocycles. The van der Waals surface area contributed by atoms with E-state index in [4.69, 9.17) is 9.47 Å². The van der Waals surface area contributed by atoms with Crippen LogP contribution in [0.5, 0.6) is 0 Å². The van der Waals surface area contributed by atoms with Crippen LogP contribution in [0.2, 0.25) is 0 Å². The third-order valence-electron chi connectivity index (χ3n) is 4.66. The molecule has 0 unspecified atom stereocenters. The zero-order chi connectivity index (χ0) is 19.2. The third-order valence-corrected chi connectivity index (χ3v) is 4.66. The number of guanidine groups is 1. The van der Waals surface area contributed by atoms with Crippen molar-refractivity contribution in [2.24, 2.45) is 4.99 Å². The van der Waals surface area contributed by atoms with Crippen molar-refractivity contribution in [2.45, 2.75) is 38.2 Å². The molecule has 0 radical (unpaired) electrons. The molecule has 2 N–H and O–H groups in total. The molecule has 2 rings (SSSR count). The average molecular weight is 505 g/mol. The van der Waals surface area contributed by atoms with E-state index in [-0.39, 0.29) is 24.0 Å². The maximum atomic E-state index is 5.93. The molecule has 8 heteroatoms. The summed E-state index contributed by atoms with van der Waals surface area (Å²) in [6.07, 6.45) is 7.45. The fourth-order valence-electron chi connectivity index (χ4n) is 3.15. The SMILES string of the molecule is CN=C(NCCCCNc1ccccn1)N1CCC(OCCCOC)CC1.I. The second-order valence-corrected chi connectivity index (χ2v) is 6.73. The first-order valence-corrected chi connectivity index (χ1v) is 10.0. The highest BCUT2D eigenvalue weighted by atomic mass is 127. The maximum absolute atomic E-state index is 5.93. The van der Waals surface area contributed by atoms with Gasteiger partial charge in [-0.1, -0.05) is 6.07 Å². The van der Waals surface area contributed by atoms with E-state index in [1.807, 2.05) is 31.4 Å². The fourth-order valence-corrected chi connectivity index (χ4v) is 3.15. The lowest BCUT2D eigenvalue weighted by atomic mass is 10.1. The van der Waals surface area contributed by atoms with E-state index in [1.165, 1.54) is 0 Å². The van der Waals surface area contributed by atoms with E-state index in [0.717, 1.165) is 83.3 Å². The van der Waals surface area contributed by atoms with Crippen LogP contribution in [0.25, 0.3) is 0 Å². The molecule has 1 aromatic rings. The summed E-state index contributed by atoms with van der Waals surface area (Å²) in [6.45, 7) is 5.42. The van der Waals surface area contributed by atoms with Crippen LogP contribution in [-0.2, 0) is 9.47 Å². The smallest absolute Gasteiger partial charge is 0.193 e. The average Bonchev–Trinajstić information content (AvgIpc) is 2.72. The molecular formula is C20H36IN5O2. The van der Waals surface area contributed by atoms with Crippen molar-refractivity contribution in [1.29, 1.82) is 0 Å². The number of hydrogen-bond donors (Lipinski definition) is 2. The lowest BCUT2D eigenvalue weighted by Gasteiger charge is -2.34. The van der Waals surface area contributed by atoms with Crippen molar-refractivity contribution >= 4 is 35.8 Å². The van der Waals surface area contributed by atoms with Gasteiger partial charge in [-0.25, -0.2) is 4.98 Å². The summed E-state index contributed by atoms with van der Waals surface area (Å²) in [5.41, 5.74) is 0. The van der Waals surface area contributed by atoms with Crippen LogP contribution in [-0.4, -0.2) is 75.5 Å². The standard InChI is InChI=1S/C20H35N5O2.HI/c1-21-20(24-13-6-5-12-23-19-8-3-4-11-22-19)25-14-9-18(10-15-25)27-17-7-16-26-2;/h3-4,8,11,18H,5-7,9-10,12-17H2,1-2H3,(H,21,24)(H,22,23);1H. The van der Waals surface area contributed by atoms with Gasteiger partial charge in [-0.2, -0.15) is 0 Å². The number of pyridine rings is 1. The van der Waals surface area contributed by atoms with Crippen LogP contribution in [0, 0.1) is 0 Å². The number of methoxy groups -OCH3 is 1. The van der Waals surface area contributed by atoms with Crippen LogP contribution >= 0.6 is 24.0 Å². The summed E-state index contributed by atoms with van der Waals surface area (Å²) in [7, 11) is 3.59. The molecular weight excluding hydrogens is 469 g/mol. The van der Waals surface area contributed by atoms with Gasteiger partial charge in [-0.05, 0) is 44.2 Å². The van der Waals surface area contributed by atoms with Crippen LogP contribution in [0.4, 0.5) is 5.82 Å². The van der Waals surface area contributed by atoms with Gasteiger partial charge in [0.05, 0.1) is 6.10 Å². The second kappa shape index (κ2) is 15.8. The monoisotopic (exact) mass is 505 g/mol. The summed E-state index contributed by atoms with van der Waals surface area (Å²) >= 11 is 0. The number of ether oxygens (including phenoxy) is 2. The van der Waals surface area contributed by atoms with Crippen molar-refractivity contribution < 1.29 is 9.47 Å². The molecule has 0 spiro atoms. The van der Waals surface area contributed by atoms with Gasteiger partial charge >= 0.3 is 0 Å². The van der Waals surface area contributed by atoms with Crippen molar-refractivity contribution in [2.75, 3.05) is 58.9 Å². The Morgan fingerprint density at radius 2 is 1.96 bits per heavy atom. The molecule has 0 aliphatic carbocycles. The molecule has 0 atom stereocenters. The number of anilines is 1. The minimum Gasteiger partial charge on any atom is -0.385 e. The minimum absolute atomic E-state index is 0. The Hall–Kier alpha value is -1.13. The predicted molar refractivity (Wildman–Crippen MR) is 126 cm³/mol. The fraction of sp³-hybridized carbons (Fsp3) is 0.700. The third kappa shape index (κ3) is 9.88. The molecule has 0 saturated carbocycles. The Morgan fingerprint density at radius 1 is 1.18 bits per heavy atom. The van der Waals surface area contributed by atoms with Crippen molar-refractivity contribution in [1.82, 2.24) is 15.2 Å². The highest BCUT2D eigenvalue weighted by Gasteiger charge is 2.21. The minimum atomic E-state index is 0. The number of aliphatic imine (C=N–C) groups is 1. The van der Waals surface area contributed by atoms with E-state index < -0.39 is 0 Å².